The van der Waals surface area contributed by atoms with Crippen LogP contribution < -0.4 is 0 Å². The first kappa shape index (κ1) is 81.7. The summed E-state index contributed by atoms with van der Waals surface area (Å²) in [5.74, 6) is 0.0125. The molecule has 9 atom stereocenters. The molecule has 6 aliphatic rings. The second kappa shape index (κ2) is 35.3. The van der Waals surface area contributed by atoms with E-state index in [0.717, 1.165) is 157 Å². The minimum absolute atomic E-state index is 0.000417. The van der Waals surface area contributed by atoms with Crippen LogP contribution in [0, 0.1) is 34.0 Å². The maximum Gasteiger partial charge on any atom is 0.338 e. The molecule has 0 spiro atoms. The second-order valence-electron chi connectivity index (χ2n) is 32.2. The van der Waals surface area contributed by atoms with Gasteiger partial charge in [0.1, 0.15) is 19.0 Å². The molecule has 0 heterocycles. The number of unbranched alkanes of at least 4 members (excludes halogenated alkanes) is 3. The van der Waals surface area contributed by atoms with Crippen molar-refractivity contribution >= 4 is 41.8 Å². The first-order valence-electron chi connectivity index (χ1n) is 38.3. The molecule has 3 fully saturated rings. The fourth-order valence-electron chi connectivity index (χ4n) is 18.9. The normalized spacial score (nSPS) is 26.0. The molecule has 16 nitrogen and oxygen atoms in total. The molecule has 0 aliphatic heterocycles. The van der Waals surface area contributed by atoms with E-state index >= 15 is 0 Å². The molecule has 3 aromatic rings. The van der Waals surface area contributed by atoms with Gasteiger partial charge in [-0.1, -0.05) is 146 Å². The lowest BCUT2D eigenvalue weighted by Gasteiger charge is -2.54. The van der Waals surface area contributed by atoms with Crippen LogP contribution in [-0.4, -0.2) is 96.1 Å². The van der Waals surface area contributed by atoms with E-state index in [0.29, 0.717) is 42.3 Å². The Labute approximate surface area is 604 Å². The predicted octanol–water partition coefficient (Wildman–Crippen LogP) is 18.6. The molecule has 16 heteroatoms. The highest BCUT2D eigenvalue weighted by Gasteiger charge is 2.59. The van der Waals surface area contributed by atoms with Crippen LogP contribution in [0.3, 0.4) is 0 Å². The van der Waals surface area contributed by atoms with Crippen molar-refractivity contribution in [3.63, 3.8) is 0 Å². The number of benzene rings is 3. The van der Waals surface area contributed by atoms with E-state index < -0.39 is 22.2 Å². The van der Waals surface area contributed by atoms with Crippen LogP contribution in [0.5, 0.6) is 0 Å². The van der Waals surface area contributed by atoms with Gasteiger partial charge in [0.15, 0.2) is 0 Å². The van der Waals surface area contributed by atoms with Crippen LogP contribution in [0.1, 0.15) is 331 Å². The van der Waals surface area contributed by atoms with Gasteiger partial charge in [0.05, 0.1) is 80.5 Å². The van der Waals surface area contributed by atoms with Crippen molar-refractivity contribution < 1.29 is 76.5 Å². The van der Waals surface area contributed by atoms with Crippen LogP contribution in [0.15, 0.2) is 48.7 Å². The molecule has 0 N–H and O–H groups in total. The number of carbonyl (C=O) groups is 7. The molecule has 3 aromatic carbocycles. The first-order chi connectivity index (χ1) is 47.8. The molecule has 560 valence electrons. The number of allylic oxidation sites excluding steroid dienone is 1. The highest BCUT2D eigenvalue weighted by atomic mass is 17.2. The van der Waals surface area contributed by atoms with Crippen LogP contribution >= 0.6 is 0 Å². The van der Waals surface area contributed by atoms with Gasteiger partial charge in [0.25, 0.3) is 0 Å². The van der Waals surface area contributed by atoms with Crippen molar-refractivity contribution in [2.75, 3.05) is 54.4 Å². The Bertz CT molecular complexity index is 3430. The molecular weight excluding hydrogens is 1280 g/mol. The summed E-state index contributed by atoms with van der Waals surface area (Å²) in [5.41, 5.74) is 10.6. The maximum absolute atomic E-state index is 13.3. The van der Waals surface area contributed by atoms with E-state index in [9.17, 15) is 33.6 Å². The highest BCUT2D eigenvalue weighted by molar-refractivity contribution is 5.94. The molecule has 0 radical (unpaired) electrons. The van der Waals surface area contributed by atoms with Gasteiger partial charge < -0.3 is 38.0 Å². The van der Waals surface area contributed by atoms with Gasteiger partial charge in [0.2, 0.25) is 0 Å². The Hall–Kier alpha value is -6.55. The minimum Gasteiger partial charge on any atom is -0.469 e. The van der Waals surface area contributed by atoms with Crippen LogP contribution in [0.4, 0.5) is 0 Å². The van der Waals surface area contributed by atoms with Crippen molar-refractivity contribution in [3.8, 4) is 0 Å². The third kappa shape index (κ3) is 17.6. The van der Waals surface area contributed by atoms with Crippen molar-refractivity contribution in [1.29, 1.82) is 0 Å². The van der Waals surface area contributed by atoms with E-state index in [1.807, 2.05) is 19.9 Å². The Morgan fingerprint density at radius 2 is 0.772 bits per heavy atom. The first-order valence-corrected chi connectivity index (χ1v) is 38.3. The summed E-state index contributed by atoms with van der Waals surface area (Å²) in [4.78, 5) is 99.6. The fraction of sp³-hybridized carbons (Fsp3) is 0.682. The number of aryl methyl sites for hydroxylation is 3. The van der Waals surface area contributed by atoms with Crippen molar-refractivity contribution in [1.82, 2.24) is 0 Å². The molecule has 0 bridgehead atoms. The van der Waals surface area contributed by atoms with Crippen molar-refractivity contribution in [2.45, 2.75) is 286 Å². The topological polar surface area (TPSA) is 203 Å². The average Bonchev–Trinajstić information content (AvgIpc) is 0.733. The zero-order valence-electron chi connectivity index (χ0n) is 65.0. The number of methoxy groups -OCH3 is 3. The van der Waals surface area contributed by atoms with Gasteiger partial charge in [-0.3, -0.25) is 19.2 Å². The van der Waals surface area contributed by atoms with E-state index in [1.165, 1.54) is 49.1 Å². The number of hydrogen-bond donors (Lipinski definition) is 0. The Morgan fingerprint density at radius 3 is 1.10 bits per heavy atom. The second-order valence-corrected chi connectivity index (χ2v) is 32.2. The molecular formula is C85H124O16. The summed E-state index contributed by atoms with van der Waals surface area (Å²) in [7, 11) is 4.46. The van der Waals surface area contributed by atoms with E-state index in [4.69, 9.17) is 42.9 Å². The fourth-order valence-corrected chi connectivity index (χ4v) is 18.9. The van der Waals surface area contributed by atoms with Gasteiger partial charge in [-0.15, -0.1) is 0 Å². The van der Waals surface area contributed by atoms with Crippen molar-refractivity contribution in [2.24, 2.45) is 34.0 Å². The molecule has 3 saturated carbocycles. The molecule has 6 aliphatic carbocycles. The molecule has 0 aromatic heterocycles. The van der Waals surface area contributed by atoms with E-state index in [2.05, 4.69) is 127 Å². The van der Waals surface area contributed by atoms with Gasteiger partial charge in [-0.2, -0.15) is 4.89 Å². The van der Waals surface area contributed by atoms with Gasteiger partial charge in [0, 0.05) is 6.42 Å². The van der Waals surface area contributed by atoms with Crippen LogP contribution in [0.2, 0.25) is 0 Å². The molecule has 0 saturated heterocycles. The summed E-state index contributed by atoms with van der Waals surface area (Å²) in [6.45, 7) is 36.9. The molecule has 9 unspecified atom stereocenters. The summed E-state index contributed by atoms with van der Waals surface area (Å²) in [6.07, 6.45) is 20.2. The quantitative estimate of drug-likeness (QED) is 0.0183. The average molecular weight is 1400 g/mol. The number of esters is 7. The Balaban J connectivity index is 0.000000215. The zero-order valence-corrected chi connectivity index (χ0v) is 65.0. The lowest BCUT2D eigenvalue weighted by Crippen LogP contribution is -2.52. The molecule has 0 amide bonds. The summed E-state index contributed by atoms with van der Waals surface area (Å²) in [5, 5.41) is 0. The molecule has 9 rings (SSSR count). The smallest absolute Gasteiger partial charge is 0.338 e. The lowest BCUT2D eigenvalue weighted by atomic mass is 9.49. The summed E-state index contributed by atoms with van der Waals surface area (Å²) >= 11 is 0. The van der Waals surface area contributed by atoms with E-state index in [-0.39, 0.29) is 114 Å². The van der Waals surface area contributed by atoms with Crippen molar-refractivity contribution in [3.05, 3.63) is 115 Å². The lowest BCUT2D eigenvalue weighted by molar-refractivity contribution is -0.267. The van der Waals surface area contributed by atoms with Gasteiger partial charge in [-0.25, -0.2) is 14.4 Å². The summed E-state index contributed by atoms with van der Waals surface area (Å²) in [6, 6.07) is 12.9. The van der Waals surface area contributed by atoms with E-state index in [1.54, 1.807) is 0 Å². The third-order valence-electron chi connectivity index (χ3n) is 24.4. The van der Waals surface area contributed by atoms with Gasteiger partial charge >= 0.3 is 41.8 Å². The Morgan fingerprint density at radius 1 is 0.426 bits per heavy atom. The predicted molar refractivity (Wildman–Crippen MR) is 393 cm³/mol. The maximum atomic E-state index is 13.3. The molecule has 101 heavy (non-hydrogen) atoms. The zero-order chi connectivity index (χ0) is 74.4. The number of hydrogen-bond acceptors (Lipinski definition) is 16. The third-order valence-corrected chi connectivity index (χ3v) is 24.4. The standard InChI is InChI=1S/C32H46O8.C27H40O4.C26H38O4/c1-8-16-37-28(33)13-10-22(4)40-39-18-17-38-29(34)25-20-26-23(19-24(25)21(2)3)11-12-27-31(26,5)14-9-15-32(27,6)30(35)36-7;1-7-8-9-15-31-24(28)21-17-22-19(16-20(21)18(2)3)11-12-23-26(22,4)13-10-14-27(23,5)25(29)30-6;1-7-8-14-30-23(27)20-16-21-18(15-19(20)17(2)3)10-11-22-25(21,4)12-9-13-26(22,5)24(28)29-6/h19-21,27H,4,8-18H2,1-3,5-7H3;16-18,23H,7-15H2,1-6H3;15-17,22H,7-14H2,1-6H3. The van der Waals surface area contributed by atoms with Crippen LogP contribution in [0.25, 0.3) is 0 Å². The Kier molecular flexibility index (Phi) is 28.6. The SMILES string of the molecule is C=C(CCC(=O)OCCC)OOCCOC(=O)c1cc2c(cc1C(C)C)CCC1C(C)(C(=O)OC)CCCC21C.CCCCCOC(=O)c1cc2c(cc1C(C)C)CCC1C(C)(C(=O)OC)CCCC21C.CCCCOC(=O)c1cc2c(cc1C(C)C)CCC1C(C)(C(=O)OC)CCCC21C. The minimum atomic E-state index is -0.548. The number of fused-ring (bicyclic) bond motifs is 9. The largest absolute Gasteiger partial charge is 0.469 e. The highest BCUT2D eigenvalue weighted by Crippen LogP contribution is 2.61. The number of carbonyl (C=O) groups excluding carboxylic acids is 7. The van der Waals surface area contributed by atoms with Crippen LogP contribution in [-0.2, 0) is 97.6 Å². The summed E-state index contributed by atoms with van der Waals surface area (Å²) < 4.78 is 37.6. The van der Waals surface area contributed by atoms with Gasteiger partial charge in [-0.05, 0) is 237 Å². The monoisotopic (exact) mass is 1400 g/mol. The number of ether oxygens (including phenoxy) is 7. The number of rotatable bonds is 26.